The van der Waals surface area contributed by atoms with Crippen LogP contribution in [0.2, 0.25) is 10.0 Å². The number of esters is 1. The molecule has 3 aliphatic rings. The van der Waals surface area contributed by atoms with Gasteiger partial charge in [0.25, 0.3) is 17.7 Å². The molecule has 1 heterocycles. The minimum Gasteiger partial charge on any atom is -0.423 e. The molecule has 1 saturated heterocycles. The number of hydrogen-bond acceptors (Lipinski definition) is 6. The van der Waals surface area contributed by atoms with E-state index in [9.17, 15) is 24.0 Å². The minimum atomic E-state index is -2.21. The van der Waals surface area contributed by atoms with Crippen LogP contribution in [0.4, 0.5) is 0 Å². The van der Waals surface area contributed by atoms with Crippen LogP contribution in [0, 0.1) is 11.8 Å². The van der Waals surface area contributed by atoms with Gasteiger partial charge in [-0.1, -0.05) is 85.5 Å². The first-order chi connectivity index (χ1) is 22.5. The summed E-state index contributed by atoms with van der Waals surface area (Å²) in [6.45, 7) is -0.833. The normalized spacial score (nSPS) is 25.4. The van der Waals surface area contributed by atoms with Gasteiger partial charge < -0.3 is 4.74 Å². The average molecular weight is 875 g/mol. The van der Waals surface area contributed by atoms with Crippen molar-refractivity contribution in [3.8, 4) is 5.75 Å². The molecule has 3 amide bonds. The Bertz CT molecular complexity index is 1930. The summed E-state index contributed by atoms with van der Waals surface area (Å²) in [7, 11) is 0. The molecule has 0 N–H and O–H groups in total. The van der Waals surface area contributed by atoms with Crippen molar-refractivity contribution in [1.29, 1.82) is 0 Å². The van der Waals surface area contributed by atoms with Crippen LogP contribution in [0.15, 0.2) is 81.3 Å². The largest absolute Gasteiger partial charge is 0.423 e. The fourth-order valence-corrected chi connectivity index (χ4v) is 9.41. The van der Waals surface area contributed by atoms with Gasteiger partial charge in [-0.15, -0.1) is 23.2 Å². The second-order valence-corrected chi connectivity index (χ2v) is 15.9. The quantitative estimate of drug-likeness (QED) is 0.0775. The summed E-state index contributed by atoms with van der Waals surface area (Å²) >= 11 is 55.1. The smallest absolute Gasteiger partial charge is 0.343 e. The lowest BCUT2D eigenvalue weighted by atomic mass is 9.84. The highest BCUT2D eigenvalue weighted by Gasteiger charge is 2.88. The first-order valence-corrected chi connectivity index (χ1v) is 17.4. The fraction of sp³-hybridized carbons (Fsp3) is 0.194. The number of hydrazine groups is 1. The molecule has 2 bridgehead atoms. The Kier molecular flexibility index (Phi) is 9.40. The highest BCUT2D eigenvalue weighted by molar-refractivity contribution is 9.10. The summed E-state index contributed by atoms with van der Waals surface area (Å²) in [4.78, 5) is 64.0. The molecule has 17 heteroatoms. The first-order valence-electron chi connectivity index (χ1n) is 13.5. The first kappa shape index (κ1) is 35.8. The predicted octanol–water partition coefficient (Wildman–Crippen LogP) is 8.66. The van der Waals surface area contributed by atoms with Gasteiger partial charge in [-0.25, -0.2) is 9.80 Å². The van der Waals surface area contributed by atoms with E-state index in [1.807, 2.05) is 0 Å². The lowest BCUT2D eigenvalue weighted by Gasteiger charge is -2.36. The molecule has 1 aliphatic heterocycles. The summed E-state index contributed by atoms with van der Waals surface area (Å²) in [6.07, 6.45) is 0. The molecule has 2 fully saturated rings. The minimum absolute atomic E-state index is 0.00713. The van der Waals surface area contributed by atoms with Crippen molar-refractivity contribution in [2.24, 2.45) is 11.8 Å². The van der Waals surface area contributed by atoms with Gasteiger partial charge in [0.2, 0.25) is 0 Å². The molecule has 3 aromatic carbocycles. The summed E-state index contributed by atoms with van der Waals surface area (Å²) in [5.41, 5.74) is 0.219. The number of Topliss-reactive ketones (excluding diaryl/α,β-unsaturated/α-hetero) is 1. The average Bonchev–Trinajstić information content (AvgIpc) is 3.44. The highest BCUT2D eigenvalue weighted by Crippen LogP contribution is 2.77. The third-order valence-electron chi connectivity index (χ3n) is 8.29. The van der Waals surface area contributed by atoms with E-state index in [0.717, 1.165) is 4.47 Å². The van der Waals surface area contributed by atoms with Gasteiger partial charge in [0.15, 0.2) is 10.1 Å². The van der Waals surface area contributed by atoms with Crippen molar-refractivity contribution in [2.45, 2.75) is 14.1 Å². The van der Waals surface area contributed by atoms with Crippen LogP contribution in [-0.4, -0.2) is 60.1 Å². The number of halogens is 9. The Morgan fingerprint density at radius 2 is 1.23 bits per heavy atom. The van der Waals surface area contributed by atoms with E-state index in [2.05, 4.69) is 15.9 Å². The molecule has 6 rings (SSSR count). The fourth-order valence-electron chi connectivity index (χ4n) is 5.92. The number of benzene rings is 3. The number of hydrogen-bond donors (Lipinski definition) is 0. The van der Waals surface area contributed by atoms with Gasteiger partial charge in [0, 0.05) is 15.6 Å². The summed E-state index contributed by atoms with van der Waals surface area (Å²) in [5, 5.41) is 0.582. The molecule has 0 spiro atoms. The van der Waals surface area contributed by atoms with E-state index in [4.69, 9.17) is 97.5 Å². The van der Waals surface area contributed by atoms with Crippen LogP contribution >= 0.6 is 109 Å². The van der Waals surface area contributed by atoms with Gasteiger partial charge >= 0.3 is 5.97 Å². The Morgan fingerprint density at radius 1 is 0.729 bits per heavy atom. The zero-order chi connectivity index (χ0) is 35.1. The third-order valence-corrected chi connectivity index (χ3v) is 13.8. The second kappa shape index (κ2) is 12.6. The van der Waals surface area contributed by atoms with E-state index in [0.29, 0.717) is 15.6 Å². The van der Waals surface area contributed by atoms with Crippen LogP contribution in [0.25, 0.3) is 0 Å². The monoisotopic (exact) mass is 870 g/mol. The Balaban J connectivity index is 1.32. The maximum absolute atomic E-state index is 14.1. The topological polar surface area (TPSA) is 101 Å². The maximum Gasteiger partial charge on any atom is 0.343 e. The number of ketones is 1. The number of carbonyl (C=O) groups is 5. The Hall–Kier alpha value is -2.05. The van der Waals surface area contributed by atoms with Gasteiger partial charge in [0.1, 0.15) is 22.0 Å². The molecule has 3 aromatic rings. The zero-order valence-electron chi connectivity index (χ0n) is 23.5. The van der Waals surface area contributed by atoms with Gasteiger partial charge in [0.05, 0.1) is 37.5 Å². The molecule has 8 nitrogen and oxygen atoms in total. The van der Waals surface area contributed by atoms with Gasteiger partial charge in [-0.3, -0.25) is 19.2 Å². The van der Waals surface area contributed by atoms with E-state index < -0.39 is 61.9 Å². The van der Waals surface area contributed by atoms with Crippen molar-refractivity contribution in [3.63, 3.8) is 0 Å². The summed E-state index contributed by atoms with van der Waals surface area (Å²) < 4.78 is 3.95. The van der Waals surface area contributed by atoms with E-state index in [-0.39, 0.29) is 37.0 Å². The van der Waals surface area contributed by atoms with Gasteiger partial charge in [-0.05, 0) is 66.7 Å². The number of nitrogens with zero attached hydrogens (tertiary/aromatic N) is 2. The van der Waals surface area contributed by atoms with Crippen molar-refractivity contribution in [3.05, 3.63) is 108 Å². The zero-order valence-corrected chi connectivity index (χ0v) is 31.1. The highest BCUT2D eigenvalue weighted by atomic mass is 79.9. The molecular formula is C31H15BrCl8N2O6. The second-order valence-electron chi connectivity index (χ2n) is 10.9. The van der Waals surface area contributed by atoms with Gasteiger partial charge in [-0.2, -0.15) is 5.01 Å². The van der Waals surface area contributed by atoms with Crippen molar-refractivity contribution >= 4 is 138 Å². The number of carbonyl (C=O) groups excluding carboxylic acids is 5. The number of allylic oxidation sites excluding steroid dienone is 2. The predicted molar refractivity (Wildman–Crippen MR) is 187 cm³/mol. The molecule has 0 radical (unpaired) electrons. The lowest BCUT2D eigenvalue weighted by Crippen LogP contribution is -2.56. The number of ether oxygens (including phenoxy) is 1. The van der Waals surface area contributed by atoms with Crippen LogP contribution < -0.4 is 4.74 Å². The standard InChI is InChI=1S/C31H15BrCl8N2O6/c32-16-6-1-14(2-7-16)28(47)48-17-8-3-13(4-9-17)20(43)12-41(25(44)15-5-10-18(33)19(34)11-15)42-26(45)21-22(27(42)46)30(38)24(36)23(35)29(21,37)31(30,39)40/h1-11,21-22H,12H2/t21-,22+,29-,30-/m1/s1. The number of imide groups is 1. The number of alkyl halides is 4. The Morgan fingerprint density at radius 3 is 1.75 bits per heavy atom. The number of rotatable bonds is 7. The maximum atomic E-state index is 14.1. The van der Waals surface area contributed by atoms with E-state index in [1.54, 1.807) is 24.3 Å². The van der Waals surface area contributed by atoms with Crippen molar-refractivity contribution in [1.82, 2.24) is 10.0 Å². The van der Waals surface area contributed by atoms with Crippen molar-refractivity contribution < 1.29 is 28.7 Å². The lowest BCUT2D eigenvalue weighted by molar-refractivity contribution is -0.154. The number of fused-ring (bicyclic) bond motifs is 5. The molecule has 248 valence electrons. The molecule has 0 aromatic heterocycles. The molecule has 2 aliphatic carbocycles. The van der Waals surface area contributed by atoms with Crippen LogP contribution in [0.3, 0.4) is 0 Å². The van der Waals surface area contributed by atoms with E-state index >= 15 is 0 Å². The molecule has 48 heavy (non-hydrogen) atoms. The third kappa shape index (κ3) is 5.19. The molecule has 4 atom stereocenters. The van der Waals surface area contributed by atoms with Crippen LogP contribution in [0.1, 0.15) is 31.1 Å². The molecule has 0 unspecified atom stereocenters. The summed E-state index contributed by atoms with van der Waals surface area (Å²) in [6, 6.07) is 15.8. The Labute approximate surface area is 320 Å². The van der Waals surface area contributed by atoms with E-state index in [1.165, 1.54) is 42.5 Å². The van der Waals surface area contributed by atoms with Crippen LogP contribution in [-0.2, 0) is 9.59 Å². The molecular weight excluding hydrogens is 860 g/mol. The van der Waals surface area contributed by atoms with Crippen LogP contribution in [0.5, 0.6) is 5.75 Å². The molecule has 1 saturated carbocycles. The number of amides is 3. The van der Waals surface area contributed by atoms with Crippen molar-refractivity contribution in [2.75, 3.05) is 6.54 Å². The SMILES string of the molecule is O=C(CN(C(=O)c1ccc(Cl)c(Cl)c1)N1C(=O)[C@@H]2[C@H](C1=O)[C@@]1(Cl)C(Cl)=C(Cl)[C@@]2(Cl)C1(Cl)Cl)c1ccc(OC(=O)c2ccc(Br)cc2)cc1. The summed E-state index contributed by atoms with van der Waals surface area (Å²) in [5.74, 6) is -7.42.